The van der Waals surface area contributed by atoms with Crippen LogP contribution in [0.25, 0.3) is 0 Å². The van der Waals surface area contributed by atoms with E-state index in [2.05, 4.69) is 4.98 Å². The van der Waals surface area contributed by atoms with Crippen molar-refractivity contribution in [3.8, 4) is 0 Å². The molecule has 0 unspecified atom stereocenters. The van der Waals surface area contributed by atoms with Gasteiger partial charge in [-0.3, -0.25) is 9.78 Å². The summed E-state index contributed by atoms with van der Waals surface area (Å²) < 4.78 is 0. The Bertz CT molecular complexity index is 334. The minimum Gasteiger partial charge on any atom is -0.402 e. The molecule has 0 aliphatic rings. The van der Waals surface area contributed by atoms with Gasteiger partial charge >= 0.3 is 0 Å². The van der Waals surface area contributed by atoms with E-state index in [0.29, 0.717) is 11.3 Å². The zero-order valence-electron chi connectivity index (χ0n) is 7.74. The van der Waals surface area contributed by atoms with Crippen molar-refractivity contribution in [2.75, 3.05) is 0 Å². The summed E-state index contributed by atoms with van der Waals surface area (Å²) in [4.78, 5) is 15.4. The molecule has 3 nitrogen and oxygen atoms in total. The van der Waals surface area contributed by atoms with Gasteiger partial charge < -0.3 is 5.73 Å². The summed E-state index contributed by atoms with van der Waals surface area (Å²) in [5.74, 6) is -0.104. The van der Waals surface area contributed by atoms with Crippen molar-refractivity contribution in [1.29, 1.82) is 0 Å². The third kappa shape index (κ3) is 2.71. The lowest BCUT2D eigenvalue weighted by Crippen LogP contribution is -2.00. The van der Waals surface area contributed by atoms with E-state index in [1.807, 2.05) is 6.92 Å². The van der Waals surface area contributed by atoms with Crippen molar-refractivity contribution in [2.45, 2.75) is 13.8 Å². The van der Waals surface area contributed by atoms with Gasteiger partial charge in [-0.2, -0.15) is 0 Å². The van der Waals surface area contributed by atoms with Crippen LogP contribution in [0.5, 0.6) is 0 Å². The summed E-state index contributed by atoms with van der Waals surface area (Å²) in [5, 5.41) is 0. The van der Waals surface area contributed by atoms with E-state index in [1.165, 1.54) is 6.08 Å². The molecule has 0 aliphatic carbocycles. The average Bonchev–Trinajstić information content (AvgIpc) is 2.04. The van der Waals surface area contributed by atoms with E-state index in [0.717, 1.165) is 5.69 Å². The minimum absolute atomic E-state index is 0.104. The van der Waals surface area contributed by atoms with Gasteiger partial charge in [0.25, 0.3) is 0 Å². The quantitative estimate of drug-likeness (QED) is 0.548. The highest BCUT2D eigenvalue weighted by Crippen LogP contribution is 2.01. The van der Waals surface area contributed by atoms with Crippen molar-refractivity contribution in [3.05, 3.63) is 41.4 Å². The molecule has 0 atom stereocenters. The molecule has 1 rings (SSSR count). The maximum atomic E-state index is 11.4. The van der Waals surface area contributed by atoms with Crippen molar-refractivity contribution in [1.82, 2.24) is 4.98 Å². The van der Waals surface area contributed by atoms with Gasteiger partial charge in [-0.1, -0.05) is 0 Å². The fourth-order valence-corrected chi connectivity index (χ4v) is 0.904. The number of rotatable bonds is 2. The number of aromatic nitrogens is 1. The molecule has 13 heavy (non-hydrogen) atoms. The first-order valence-corrected chi connectivity index (χ1v) is 4.00. The van der Waals surface area contributed by atoms with E-state index in [1.54, 1.807) is 25.3 Å². The first-order chi connectivity index (χ1) is 6.09. The lowest BCUT2D eigenvalue weighted by atomic mass is 10.1. The Hall–Kier alpha value is -1.64. The molecule has 1 heterocycles. The number of carbonyl (C=O) groups excluding carboxylic acids is 1. The van der Waals surface area contributed by atoms with Crippen molar-refractivity contribution < 1.29 is 4.79 Å². The van der Waals surface area contributed by atoms with Crippen LogP contribution in [0.3, 0.4) is 0 Å². The lowest BCUT2D eigenvalue weighted by molar-refractivity contribution is 0.104. The smallest absolute Gasteiger partial charge is 0.189 e. The number of hydrogen-bond donors (Lipinski definition) is 1. The second-order valence-corrected chi connectivity index (χ2v) is 2.94. The van der Waals surface area contributed by atoms with Gasteiger partial charge in [-0.05, 0) is 26.0 Å². The predicted molar refractivity (Wildman–Crippen MR) is 51.2 cm³/mol. The predicted octanol–water partition coefficient (Wildman–Crippen LogP) is 1.44. The Labute approximate surface area is 77.3 Å². The van der Waals surface area contributed by atoms with Crippen LogP contribution in [0.15, 0.2) is 30.1 Å². The summed E-state index contributed by atoms with van der Waals surface area (Å²) in [6.45, 7) is 3.55. The van der Waals surface area contributed by atoms with Gasteiger partial charge in [0.15, 0.2) is 5.78 Å². The topological polar surface area (TPSA) is 56.0 Å². The van der Waals surface area contributed by atoms with Gasteiger partial charge in [0.1, 0.15) is 0 Å². The highest BCUT2D eigenvalue weighted by Gasteiger charge is 2.01. The summed E-state index contributed by atoms with van der Waals surface area (Å²) in [6.07, 6.45) is 2.95. The molecule has 0 aliphatic heterocycles. The standard InChI is InChI=1S/C10H12N2O/c1-7(11)5-10(13)9-4-3-8(2)12-6-9/h3-6H,11H2,1-2H3/b7-5-. The molecule has 0 saturated heterocycles. The van der Waals surface area contributed by atoms with Crippen molar-refractivity contribution in [2.24, 2.45) is 5.73 Å². The van der Waals surface area contributed by atoms with Crippen LogP contribution in [0.2, 0.25) is 0 Å². The maximum absolute atomic E-state index is 11.4. The summed E-state index contributed by atoms with van der Waals surface area (Å²) in [5.41, 5.74) is 7.34. The van der Waals surface area contributed by atoms with Crippen molar-refractivity contribution in [3.63, 3.8) is 0 Å². The lowest BCUT2D eigenvalue weighted by Gasteiger charge is -1.96. The third-order valence-corrected chi connectivity index (χ3v) is 1.55. The van der Waals surface area contributed by atoms with Crippen LogP contribution < -0.4 is 5.73 Å². The molecule has 0 bridgehead atoms. The number of carbonyl (C=O) groups is 1. The van der Waals surface area contributed by atoms with Crippen LogP contribution in [-0.4, -0.2) is 10.8 Å². The maximum Gasteiger partial charge on any atom is 0.189 e. The van der Waals surface area contributed by atoms with Crippen LogP contribution in [0, 0.1) is 6.92 Å². The van der Waals surface area contributed by atoms with E-state index < -0.39 is 0 Å². The number of pyridine rings is 1. The molecule has 2 N–H and O–H groups in total. The fraction of sp³-hybridized carbons (Fsp3) is 0.200. The fourth-order valence-electron chi connectivity index (χ4n) is 0.904. The molecule has 3 heteroatoms. The monoisotopic (exact) mass is 176 g/mol. The first kappa shape index (κ1) is 9.45. The Morgan fingerprint density at radius 2 is 2.23 bits per heavy atom. The highest BCUT2D eigenvalue weighted by molar-refractivity contribution is 6.04. The molecule has 0 saturated carbocycles. The van der Waals surface area contributed by atoms with E-state index >= 15 is 0 Å². The normalized spacial score (nSPS) is 11.4. The van der Waals surface area contributed by atoms with E-state index in [-0.39, 0.29) is 5.78 Å². The molecule has 0 radical (unpaired) electrons. The molecule has 0 spiro atoms. The average molecular weight is 176 g/mol. The van der Waals surface area contributed by atoms with E-state index in [4.69, 9.17) is 5.73 Å². The molecule has 68 valence electrons. The van der Waals surface area contributed by atoms with Crippen LogP contribution >= 0.6 is 0 Å². The number of aryl methyl sites for hydroxylation is 1. The third-order valence-electron chi connectivity index (χ3n) is 1.55. The Balaban J connectivity index is 2.90. The number of nitrogens with zero attached hydrogens (tertiary/aromatic N) is 1. The first-order valence-electron chi connectivity index (χ1n) is 4.00. The molecule has 0 fully saturated rings. The van der Waals surface area contributed by atoms with Gasteiger partial charge in [-0.15, -0.1) is 0 Å². The van der Waals surface area contributed by atoms with Gasteiger partial charge in [0.05, 0.1) is 0 Å². The largest absolute Gasteiger partial charge is 0.402 e. The van der Waals surface area contributed by atoms with Gasteiger partial charge in [0.2, 0.25) is 0 Å². The van der Waals surface area contributed by atoms with Crippen LogP contribution in [0.4, 0.5) is 0 Å². The summed E-state index contributed by atoms with van der Waals surface area (Å²) >= 11 is 0. The number of nitrogens with two attached hydrogens (primary N) is 1. The summed E-state index contributed by atoms with van der Waals surface area (Å²) in [7, 11) is 0. The highest BCUT2D eigenvalue weighted by atomic mass is 16.1. The Kier molecular flexibility index (Phi) is 2.80. The zero-order chi connectivity index (χ0) is 9.84. The molecule has 1 aromatic heterocycles. The minimum atomic E-state index is -0.104. The van der Waals surface area contributed by atoms with E-state index in [9.17, 15) is 4.79 Å². The molecule has 1 aromatic rings. The van der Waals surface area contributed by atoms with Crippen molar-refractivity contribution >= 4 is 5.78 Å². The molecule has 0 aromatic carbocycles. The van der Waals surface area contributed by atoms with Gasteiger partial charge in [-0.25, -0.2) is 0 Å². The summed E-state index contributed by atoms with van der Waals surface area (Å²) in [6, 6.07) is 3.54. The second-order valence-electron chi connectivity index (χ2n) is 2.94. The second kappa shape index (κ2) is 3.85. The number of hydrogen-bond acceptors (Lipinski definition) is 3. The SMILES string of the molecule is C/C(N)=C/C(=O)c1ccc(C)nc1. The Morgan fingerprint density at radius 1 is 1.54 bits per heavy atom. The van der Waals surface area contributed by atoms with Crippen LogP contribution in [0.1, 0.15) is 23.0 Å². The zero-order valence-corrected chi connectivity index (χ0v) is 7.74. The Morgan fingerprint density at radius 3 is 2.69 bits per heavy atom. The number of ketones is 1. The van der Waals surface area contributed by atoms with Gasteiger partial charge in [0, 0.05) is 29.2 Å². The van der Waals surface area contributed by atoms with Crippen LogP contribution in [-0.2, 0) is 0 Å². The molecular formula is C10H12N2O. The molecular weight excluding hydrogens is 164 g/mol. The number of allylic oxidation sites excluding steroid dienone is 2. The molecule has 0 amide bonds.